The topological polar surface area (TPSA) is 20.3 Å². The van der Waals surface area contributed by atoms with Crippen molar-refractivity contribution in [3.8, 4) is 0 Å². The zero-order chi connectivity index (χ0) is 14.4. The minimum atomic E-state index is 0.164. The molecule has 0 heterocycles. The molecule has 0 aromatic heterocycles. The molecule has 1 aliphatic rings. The highest BCUT2D eigenvalue weighted by molar-refractivity contribution is 14.1. The summed E-state index contributed by atoms with van der Waals surface area (Å²) >= 11 is 2.25. The van der Waals surface area contributed by atoms with Gasteiger partial charge in [0.25, 0.3) is 5.91 Å². The fourth-order valence-corrected chi connectivity index (χ4v) is 3.16. The highest BCUT2D eigenvalue weighted by Gasteiger charge is 2.21. The second kappa shape index (κ2) is 7.81. The van der Waals surface area contributed by atoms with E-state index in [1.165, 1.54) is 18.5 Å². The van der Waals surface area contributed by atoms with Crippen LogP contribution < -0.4 is 0 Å². The van der Waals surface area contributed by atoms with Crippen LogP contribution in [0.4, 0.5) is 0 Å². The van der Waals surface area contributed by atoms with Crippen molar-refractivity contribution in [3.63, 3.8) is 0 Å². The van der Waals surface area contributed by atoms with Gasteiger partial charge in [0.15, 0.2) is 0 Å². The normalized spacial score (nSPS) is 14.8. The molecule has 0 spiro atoms. The number of unbranched alkanes of at least 4 members (excludes halogenated alkanes) is 1. The standard InChI is InChI=1S/C17H22INO/c1-2-3-13-19(14-9-5-4-6-10-14)17(20)15-11-7-8-12-16(15)18/h7-9,11-12H,2-6,10,13H2,1H3. The van der Waals surface area contributed by atoms with Gasteiger partial charge >= 0.3 is 0 Å². The average molecular weight is 383 g/mol. The summed E-state index contributed by atoms with van der Waals surface area (Å²) in [6.07, 6.45) is 9.04. The van der Waals surface area contributed by atoms with Crippen LogP contribution in [0.15, 0.2) is 36.0 Å². The van der Waals surface area contributed by atoms with Gasteiger partial charge in [0.1, 0.15) is 0 Å². The first-order valence-corrected chi connectivity index (χ1v) is 8.57. The van der Waals surface area contributed by atoms with Crippen molar-refractivity contribution in [1.29, 1.82) is 0 Å². The van der Waals surface area contributed by atoms with Crippen LogP contribution in [0.25, 0.3) is 0 Å². The van der Waals surface area contributed by atoms with Gasteiger partial charge in [0.05, 0.1) is 5.56 Å². The molecular weight excluding hydrogens is 361 g/mol. The number of benzene rings is 1. The zero-order valence-electron chi connectivity index (χ0n) is 12.1. The Morgan fingerprint density at radius 1 is 1.30 bits per heavy atom. The smallest absolute Gasteiger partial charge is 0.259 e. The van der Waals surface area contributed by atoms with E-state index in [2.05, 4.69) is 35.6 Å². The molecule has 20 heavy (non-hydrogen) atoms. The summed E-state index contributed by atoms with van der Waals surface area (Å²) in [5, 5.41) is 0. The first kappa shape index (κ1) is 15.5. The molecule has 0 saturated heterocycles. The van der Waals surface area contributed by atoms with Gasteiger partial charge in [-0.1, -0.05) is 31.6 Å². The van der Waals surface area contributed by atoms with E-state index >= 15 is 0 Å². The molecule has 1 aliphatic carbocycles. The van der Waals surface area contributed by atoms with Crippen LogP contribution in [0, 0.1) is 3.57 Å². The Bertz CT molecular complexity index is 496. The van der Waals surface area contributed by atoms with E-state index < -0.39 is 0 Å². The zero-order valence-corrected chi connectivity index (χ0v) is 14.2. The van der Waals surface area contributed by atoms with Crippen LogP contribution in [0.3, 0.4) is 0 Å². The van der Waals surface area contributed by atoms with E-state index in [4.69, 9.17) is 0 Å². The van der Waals surface area contributed by atoms with Gasteiger partial charge in [-0.15, -0.1) is 0 Å². The fourth-order valence-electron chi connectivity index (χ4n) is 2.54. The number of hydrogen-bond acceptors (Lipinski definition) is 1. The van der Waals surface area contributed by atoms with Gasteiger partial charge in [0, 0.05) is 15.8 Å². The lowest BCUT2D eigenvalue weighted by Crippen LogP contribution is -2.32. The number of carbonyl (C=O) groups excluding carboxylic acids is 1. The molecule has 0 N–H and O–H groups in total. The van der Waals surface area contributed by atoms with E-state index in [9.17, 15) is 4.79 Å². The summed E-state index contributed by atoms with van der Waals surface area (Å²) < 4.78 is 1.04. The second-order valence-electron chi connectivity index (χ2n) is 5.23. The maximum atomic E-state index is 12.9. The molecule has 3 heteroatoms. The molecular formula is C17H22INO. The SMILES string of the molecule is CCCCN(C(=O)c1ccccc1I)C1=CCCCC1. The van der Waals surface area contributed by atoms with E-state index in [0.717, 1.165) is 41.4 Å². The van der Waals surface area contributed by atoms with Crippen LogP contribution in [0.1, 0.15) is 55.8 Å². The van der Waals surface area contributed by atoms with Crippen molar-refractivity contribution in [1.82, 2.24) is 4.90 Å². The third kappa shape index (κ3) is 3.84. The van der Waals surface area contributed by atoms with Gasteiger partial charge < -0.3 is 4.90 Å². The van der Waals surface area contributed by atoms with Crippen LogP contribution >= 0.6 is 22.6 Å². The molecule has 0 bridgehead atoms. The number of amides is 1. The van der Waals surface area contributed by atoms with Crippen molar-refractivity contribution in [2.45, 2.75) is 45.4 Å². The molecule has 2 nitrogen and oxygen atoms in total. The summed E-state index contributed by atoms with van der Waals surface area (Å²) in [6.45, 7) is 3.01. The van der Waals surface area contributed by atoms with Gasteiger partial charge in [-0.25, -0.2) is 0 Å². The van der Waals surface area contributed by atoms with Crippen molar-refractivity contribution < 1.29 is 4.79 Å². The number of halogens is 1. The van der Waals surface area contributed by atoms with E-state index in [1.807, 2.05) is 29.2 Å². The quantitative estimate of drug-likeness (QED) is 0.656. The third-order valence-corrected chi connectivity index (χ3v) is 4.64. The maximum Gasteiger partial charge on any atom is 0.259 e. The maximum absolute atomic E-state index is 12.9. The van der Waals surface area contributed by atoms with Crippen LogP contribution in [0.5, 0.6) is 0 Å². The molecule has 108 valence electrons. The molecule has 1 aromatic carbocycles. The molecule has 0 fully saturated rings. The van der Waals surface area contributed by atoms with Crippen molar-refractivity contribution in [2.75, 3.05) is 6.54 Å². The van der Waals surface area contributed by atoms with Crippen LogP contribution in [0.2, 0.25) is 0 Å². The van der Waals surface area contributed by atoms with Gasteiger partial charge in [-0.3, -0.25) is 4.79 Å². The summed E-state index contributed by atoms with van der Waals surface area (Å²) in [6, 6.07) is 7.87. The lowest BCUT2D eigenvalue weighted by atomic mass is 10.0. The number of rotatable bonds is 5. The first-order chi connectivity index (χ1) is 9.74. The van der Waals surface area contributed by atoms with Crippen LogP contribution in [-0.4, -0.2) is 17.4 Å². The predicted octanol–water partition coefficient (Wildman–Crippen LogP) is 4.99. The molecule has 1 aromatic rings. The van der Waals surface area contributed by atoms with Gasteiger partial charge in [-0.05, 0) is 66.8 Å². The summed E-state index contributed by atoms with van der Waals surface area (Å²) in [4.78, 5) is 14.9. The summed E-state index contributed by atoms with van der Waals surface area (Å²) in [7, 11) is 0. The highest BCUT2D eigenvalue weighted by atomic mass is 127. The van der Waals surface area contributed by atoms with E-state index in [1.54, 1.807) is 0 Å². The molecule has 0 unspecified atom stereocenters. The second-order valence-corrected chi connectivity index (χ2v) is 6.39. The first-order valence-electron chi connectivity index (χ1n) is 7.49. The summed E-state index contributed by atoms with van der Waals surface area (Å²) in [5.74, 6) is 0.164. The fraction of sp³-hybridized carbons (Fsp3) is 0.471. The largest absolute Gasteiger partial charge is 0.312 e. The van der Waals surface area contributed by atoms with Crippen LogP contribution in [-0.2, 0) is 0 Å². The minimum Gasteiger partial charge on any atom is -0.312 e. The molecule has 2 rings (SSSR count). The van der Waals surface area contributed by atoms with Crippen molar-refractivity contribution in [2.24, 2.45) is 0 Å². The lowest BCUT2D eigenvalue weighted by Gasteiger charge is -2.28. The Morgan fingerprint density at radius 2 is 2.10 bits per heavy atom. The predicted molar refractivity (Wildman–Crippen MR) is 91.7 cm³/mol. The molecule has 0 atom stereocenters. The number of nitrogens with zero attached hydrogens (tertiary/aromatic N) is 1. The average Bonchev–Trinajstić information content (AvgIpc) is 2.49. The number of carbonyl (C=O) groups is 1. The minimum absolute atomic E-state index is 0.164. The number of allylic oxidation sites excluding steroid dienone is 2. The Kier molecular flexibility index (Phi) is 6.07. The lowest BCUT2D eigenvalue weighted by molar-refractivity contribution is 0.0795. The van der Waals surface area contributed by atoms with E-state index in [-0.39, 0.29) is 5.91 Å². The molecule has 1 amide bonds. The Morgan fingerprint density at radius 3 is 2.75 bits per heavy atom. The van der Waals surface area contributed by atoms with E-state index in [0.29, 0.717) is 0 Å². The highest BCUT2D eigenvalue weighted by Crippen LogP contribution is 2.24. The summed E-state index contributed by atoms with van der Waals surface area (Å²) in [5.41, 5.74) is 2.06. The number of hydrogen-bond donors (Lipinski definition) is 0. The molecule has 0 aliphatic heterocycles. The van der Waals surface area contributed by atoms with Crippen molar-refractivity contribution in [3.05, 3.63) is 45.2 Å². The monoisotopic (exact) mass is 383 g/mol. The molecule has 0 saturated carbocycles. The van der Waals surface area contributed by atoms with Gasteiger partial charge in [-0.2, -0.15) is 0 Å². The molecule has 0 radical (unpaired) electrons. The Balaban J connectivity index is 2.24. The Labute approximate surface area is 135 Å². The van der Waals surface area contributed by atoms with Crippen molar-refractivity contribution >= 4 is 28.5 Å². The van der Waals surface area contributed by atoms with Gasteiger partial charge in [0.2, 0.25) is 0 Å². The Hall–Kier alpha value is -0.840. The third-order valence-electron chi connectivity index (χ3n) is 3.70.